The van der Waals surface area contributed by atoms with Gasteiger partial charge in [0.25, 0.3) is 0 Å². The van der Waals surface area contributed by atoms with Gasteiger partial charge in [-0.05, 0) is 38.3 Å². The van der Waals surface area contributed by atoms with Crippen molar-refractivity contribution in [3.8, 4) is 5.75 Å². The molecule has 0 fully saturated rings. The zero-order valence-corrected chi connectivity index (χ0v) is 17.9. The van der Waals surface area contributed by atoms with Gasteiger partial charge in [0, 0.05) is 29.0 Å². The number of ketones is 1. The minimum atomic E-state index is -0.505. The Balaban J connectivity index is 1.75. The molecule has 1 atom stereocenters. The largest absolute Gasteiger partial charge is 0.494 e. The molecule has 1 aliphatic heterocycles. The van der Waals surface area contributed by atoms with Crippen LogP contribution in [0.3, 0.4) is 0 Å². The molecule has 2 aromatic rings. The topological polar surface area (TPSA) is 64.6 Å². The summed E-state index contributed by atoms with van der Waals surface area (Å²) in [5.74, 6) is -0.167. The Kier molecular flexibility index (Phi) is 6.21. The first-order valence-corrected chi connectivity index (χ1v) is 10.8. The Morgan fingerprint density at radius 2 is 1.81 bits per heavy atom. The van der Waals surface area contributed by atoms with Crippen molar-refractivity contribution < 1.29 is 19.1 Å². The van der Waals surface area contributed by atoms with E-state index >= 15 is 0 Å². The van der Waals surface area contributed by atoms with Gasteiger partial charge >= 0.3 is 5.97 Å². The number of para-hydroxylation sites is 1. The van der Waals surface area contributed by atoms with Gasteiger partial charge in [0.2, 0.25) is 0 Å². The molecule has 5 nitrogen and oxygen atoms in total. The molecule has 5 heteroatoms. The molecule has 0 aromatic heterocycles. The Hall–Kier alpha value is -3.34. The molecule has 2 aliphatic rings. The summed E-state index contributed by atoms with van der Waals surface area (Å²) >= 11 is 0. The fraction of sp³-hybridized carbons (Fsp3) is 0.308. The third-order valence-electron chi connectivity index (χ3n) is 5.74. The maximum Gasteiger partial charge on any atom is 0.337 e. The van der Waals surface area contributed by atoms with E-state index in [1.807, 2.05) is 68.4 Å². The van der Waals surface area contributed by atoms with Crippen LogP contribution >= 0.6 is 0 Å². The number of nitrogens with one attached hydrogen (secondary N) is 1. The number of rotatable bonds is 6. The predicted octanol–water partition coefficient (Wildman–Crippen LogP) is 4.80. The highest BCUT2D eigenvalue weighted by Crippen LogP contribution is 2.45. The molecule has 0 unspecified atom stereocenters. The van der Waals surface area contributed by atoms with Crippen LogP contribution in [0.25, 0.3) is 0 Å². The average Bonchev–Trinajstić information content (AvgIpc) is 2.78. The van der Waals surface area contributed by atoms with Crippen LogP contribution in [0.2, 0.25) is 0 Å². The van der Waals surface area contributed by atoms with Crippen LogP contribution in [0, 0.1) is 0 Å². The van der Waals surface area contributed by atoms with Gasteiger partial charge in [0.05, 0.1) is 18.1 Å². The molecule has 0 amide bonds. The third kappa shape index (κ3) is 4.26. The van der Waals surface area contributed by atoms with Crippen LogP contribution < -0.4 is 10.1 Å². The van der Waals surface area contributed by atoms with Gasteiger partial charge in [-0.1, -0.05) is 48.5 Å². The SMILES string of the molecule is CCOc1ccccc1[C@@H]1C(C(=O)OCc2ccccc2)=C(C)NC2=C1C(=O)CCC2. The van der Waals surface area contributed by atoms with Crippen molar-refractivity contribution in [2.24, 2.45) is 0 Å². The van der Waals surface area contributed by atoms with Gasteiger partial charge in [0.15, 0.2) is 5.78 Å². The van der Waals surface area contributed by atoms with E-state index in [1.165, 1.54) is 0 Å². The van der Waals surface area contributed by atoms with E-state index in [9.17, 15) is 9.59 Å². The standard InChI is InChI=1S/C26H27NO4/c1-3-30-22-15-8-7-12-19(22)24-23(26(29)31-16-18-10-5-4-6-11-18)17(2)27-20-13-9-14-21(28)25(20)24/h4-8,10-12,15,24,27H,3,9,13-14,16H2,1-2H3/t24-/m1/s1. The molecule has 160 valence electrons. The Bertz CT molecular complexity index is 1050. The second-order valence-electron chi connectivity index (χ2n) is 7.80. The van der Waals surface area contributed by atoms with Crippen LogP contribution in [0.5, 0.6) is 5.75 Å². The number of ether oxygens (including phenoxy) is 2. The summed E-state index contributed by atoms with van der Waals surface area (Å²) in [6.07, 6.45) is 2.09. The first-order valence-electron chi connectivity index (χ1n) is 10.8. The molecule has 0 radical (unpaired) electrons. The second-order valence-corrected chi connectivity index (χ2v) is 7.80. The summed E-state index contributed by atoms with van der Waals surface area (Å²) in [5.41, 5.74) is 4.50. The number of dihydropyridines is 1. The average molecular weight is 418 g/mol. The quantitative estimate of drug-likeness (QED) is 0.684. The summed E-state index contributed by atoms with van der Waals surface area (Å²) in [6.45, 7) is 4.47. The van der Waals surface area contributed by atoms with Gasteiger partial charge in [-0.15, -0.1) is 0 Å². The van der Waals surface area contributed by atoms with E-state index in [1.54, 1.807) is 0 Å². The lowest BCUT2D eigenvalue weighted by Gasteiger charge is -2.34. The van der Waals surface area contributed by atoms with Crippen LogP contribution in [-0.2, 0) is 20.9 Å². The minimum absolute atomic E-state index is 0.0749. The summed E-state index contributed by atoms with van der Waals surface area (Å²) in [6, 6.07) is 17.2. The highest BCUT2D eigenvalue weighted by atomic mass is 16.5. The van der Waals surface area contributed by atoms with Crippen LogP contribution in [0.4, 0.5) is 0 Å². The monoisotopic (exact) mass is 417 g/mol. The van der Waals surface area contributed by atoms with Crippen LogP contribution in [-0.4, -0.2) is 18.4 Å². The number of benzene rings is 2. The lowest BCUT2D eigenvalue weighted by Crippen LogP contribution is -2.34. The van der Waals surface area contributed by atoms with Crippen molar-refractivity contribution >= 4 is 11.8 Å². The Morgan fingerprint density at radius 1 is 1.06 bits per heavy atom. The van der Waals surface area contributed by atoms with Gasteiger partial charge in [-0.2, -0.15) is 0 Å². The molecule has 0 spiro atoms. The molecule has 1 aliphatic carbocycles. The van der Waals surface area contributed by atoms with Crippen molar-refractivity contribution in [3.05, 3.63) is 88.3 Å². The molecule has 1 heterocycles. The van der Waals surface area contributed by atoms with Crippen molar-refractivity contribution in [1.82, 2.24) is 5.32 Å². The van der Waals surface area contributed by atoms with Crippen LogP contribution in [0.15, 0.2) is 77.1 Å². The zero-order valence-electron chi connectivity index (χ0n) is 17.9. The number of Topliss-reactive ketones (excluding diaryl/α,β-unsaturated/α-hetero) is 1. The van der Waals surface area contributed by atoms with Crippen molar-refractivity contribution in [1.29, 1.82) is 0 Å². The zero-order chi connectivity index (χ0) is 21.8. The van der Waals surface area contributed by atoms with Crippen LogP contribution in [0.1, 0.15) is 50.2 Å². The van der Waals surface area contributed by atoms with E-state index in [0.29, 0.717) is 29.9 Å². The number of hydrogen-bond donors (Lipinski definition) is 1. The van der Waals surface area contributed by atoms with E-state index in [4.69, 9.17) is 9.47 Å². The fourth-order valence-corrected chi connectivity index (χ4v) is 4.37. The summed E-state index contributed by atoms with van der Waals surface area (Å²) < 4.78 is 11.6. The number of hydrogen-bond acceptors (Lipinski definition) is 5. The van der Waals surface area contributed by atoms with Gasteiger partial charge in [-0.3, -0.25) is 4.79 Å². The molecule has 0 bridgehead atoms. The van der Waals surface area contributed by atoms with Gasteiger partial charge in [0.1, 0.15) is 12.4 Å². The lowest BCUT2D eigenvalue weighted by atomic mass is 9.75. The number of esters is 1. The Morgan fingerprint density at radius 3 is 2.58 bits per heavy atom. The molecule has 0 saturated heterocycles. The maximum absolute atomic E-state index is 13.3. The summed E-state index contributed by atoms with van der Waals surface area (Å²) in [5, 5.41) is 3.33. The highest BCUT2D eigenvalue weighted by molar-refractivity contribution is 6.04. The van der Waals surface area contributed by atoms with Gasteiger partial charge in [-0.25, -0.2) is 4.79 Å². The molecular formula is C26H27NO4. The Labute approximate surface area is 182 Å². The summed E-state index contributed by atoms with van der Waals surface area (Å²) in [7, 11) is 0. The van der Waals surface area contributed by atoms with E-state index in [-0.39, 0.29) is 12.4 Å². The predicted molar refractivity (Wildman–Crippen MR) is 118 cm³/mol. The smallest absolute Gasteiger partial charge is 0.337 e. The van der Waals surface area contributed by atoms with Gasteiger partial charge < -0.3 is 14.8 Å². The number of carbonyl (C=O) groups excluding carboxylic acids is 2. The first kappa shape index (κ1) is 20.9. The maximum atomic E-state index is 13.3. The minimum Gasteiger partial charge on any atom is -0.494 e. The fourth-order valence-electron chi connectivity index (χ4n) is 4.37. The second kappa shape index (κ2) is 9.21. The molecular weight excluding hydrogens is 390 g/mol. The van der Waals surface area contributed by atoms with Crippen molar-refractivity contribution in [3.63, 3.8) is 0 Å². The molecule has 1 N–H and O–H groups in total. The van der Waals surface area contributed by atoms with Crippen molar-refractivity contribution in [2.45, 2.75) is 45.6 Å². The normalized spacial score (nSPS) is 18.4. The number of allylic oxidation sites excluding steroid dienone is 3. The third-order valence-corrected chi connectivity index (χ3v) is 5.74. The molecule has 2 aromatic carbocycles. The highest BCUT2D eigenvalue weighted by Gasteiger charge is 2.40. The molecule has 31 heavy (non-hydrogen) atoms. The van der Waals surface area contributed by atoms with Crippen molar-refractivity contribution in [2.75, 3.05) is 6.61 Å². The first-order chi connectivity index (χ1) is 15.1. The lowest BCUT2D eigenvalue weighted by molar-refractivity contribution is -0.140. The molecule has 0 saturated carbocycles. The summed E-state index contributed by atoms with van der Waals surface area (Å²) in [4.78, 5) is 26.3. The molecule has 4 rings (SSSR count). The van der Waals surface area contributed by atoms with E-state index in [2.05, 4.69) is 5.32 Å². The van der Waals surface area contributed by atoms with E-state index in [0.717, 1.165) is 35.4 Å². The van der Waals surface area contributed by atoms with E-state index < -0.39 is 11.9 Å². The number of carbonyl (C=O) groups is 2.